The molecule has 0 saturated carbocycles. The fourth-order valence-corrected chi connectivity index (χ4v) is 3.24. The van der Waals surface area contributed by atoms with Crippen LogP contribution in [0, 0.1) is 0 Å². The van der Waals surface area contributed by atoms with Crippen molar-refractivity contribution in [2.24, 2.45) is 0 Å². The Morgan fingerprint density at radius 3 is 2.76 bits per heavy atom. The van der Waals surface area contributed by atoms with Gasteiger partial charge < -0.3 is 9.47 Å². The van der Waals surface area contributed by atoms with Gasteiger partial charge in [-0.15, -0.1) is 11.3 Å². The van der Waals surface area contributed by atoms with Gasteiger partial charge in [0.05, 0.1) is 25.5 Å². The van der Waals surface area contributed by atoms with Crippen LogP contribution in [0.2, 0.25) is 0 Å². The number of pyridine rings is 1. The van der Waals surface area contributed by atoms with Crippen LogP contribution in [0.4, 0.5) is 5.13 Å². The van der Waals surface area contributed by atoms with Crippen molar-refractivity contribution in [3.8, 4) is 22.8 Å². The number of nitrogens with one attached hydrogen (secondary N) is 1. The minimum absolute atomic E-state index is 0.267. The second kappa shape index (κ2) is 7.62. The average molecular weight is 420 g/mol. The molecule has 1 aromatic carbocycles. The number of ether oxygens (including phenoxy) is 2. The lowest BCUT2D eigenvalue weighted by atomic mass is 10.1. The van der Waals surface area contributed by atoms with E-state index in [1.165, 1.54) is 17.5 Å². The molecule has 25 heavy (non-hydrogen) atoms. The highest BCUT2D eigenvalue weighted by Gasteiger charge is 2.14. The van der Waals surface area contributed by atoms with E-state index in [-0.39, 0.29) is 5.91 Å². The number of nitrogens with zero attached hydrogens (tertiary/aromatic N) is 2. The Balaban J connectivity index is 1.82. The predicted octanol–water partition coefficient (Wildman–Crippen LogP) is 4.24. The van der Waals surface area contributed by atoms with Crippen LogP contribution in [-0.2, 0) is 0 Å². The van der Waals surface area contributed by atoms with Crippen LogP contribution in [0.5, 0.6) is 11.5 Å². The summed E-state index contributed by atoms with van der Waals surface area (Å²) < 4.78 is 11.3. The van der Waals surface area contributed by atoms with Gasteiger partial charge in [0.2, 0.25) is 0 Å². The molecule has 0 unspecified atom stereocenters. The Kier molecular flexibility index (Phi) is 5.30. The first-order chi connectivity index (χ1) is 12.1. The van der Waals surface area contributed by atoms with Crippen LogP contribution in [0.3, 0.4) is 0 Å². The maximum atomic E-state index is 12.3. The number of carbonyl (C=O) groups is 1. The zero-order valence-corrected chi connectivity index (χ0v) is 15.8. The van der Waals surface area contributed by atoms with Gasteiger partial charge in [-0.2, -0.15) is 0 Å². The Labute approximate surface area is 157 Å². The first-order valence-electron chi connectivity index (χ1n) is 7.20. The van der Waals surface area contributed by atoms with Crippen molar-refractivity contribution >= 4 is 38.3 Å². The Morgan fingerprint density at radius 1 is 1.20 bits per heavy atom. The van der Waals surface area contributed by atoms with E-state index in [9.17, 15) is 4.79 Å². The van der Waals surface area contributed by atoms with E-state index in [2.05, 4.69) is 31.2 Å². The first kappa shape index (κ1) is 17.4. The Morgan fingerprint density at radius 2 is 2.04 bits per heavy atom. The smallest absolute Gasteiger partial charge is 0.259 e. The lowest BCUT2D eigenvalue weighted by Gasteiger charge is -2.08. The third-order valence-corrected chi connectivity index (χ3v) is 4.57. The molecule has 3 rings (SSSR count). The van der Waals surface area contributed by atoms with Gasteiger partial charge in [0.25, 0.3) is 5.91 Å². The van der Waals surface area contributed by atoms with E-state index in [0.717, 1.165) is 10.0 Å². The normalized spacial score (nSPS) is 10.4. The molecule has 0 fully saturated rings. The summed E-state index contributed by atoms with van der Waals surface area (Å²) in [7, 11) is 3.19. The number of hydrogen-bond acceptors (Lipinski definition) is 6. The molecule has 0 bridgehead atoms. The number of benzene rings is 1. The zero-order valence-electron chi connectivity index (χ0n) is 13.4. The number of carbonyl (C=O) groups excluding carboxylic acids is 1. The SMILES string of the molecule is COc1ccc(-c2csc(NC(=O)c3cncc(Br)c3)n2)c(OC)c1. The van der Waals surface area contributed by atoms with Crippen molar-refractivity contribution in [1.29, 1.82) is 0 Å². The van der Waals surface area contributed by atoms with E-state index in [1.807, 2.05) is 17.5 Å². The van der Waals surface area contributed by atoms with Crippen LogP contribution >= 0.6 is 27.3 Å². The number of aromatic nitrogens is 2. The molecule has 6 nitrogen and oxygen atoms in total. The molecule has 1 N–H and O–H groups in total. The maximum Gasteiger partial charge on any atom is 0.259 e. The lowest BCUT2D eigenvalue weighted by molar-refractivity contribution is 0.102. The molecule has 0 aliphatic heterocycles. The molecule has 2 aromatic heterocycles. The number of amides is 1. The van der Waals surface area contributed by atoms with Gasteiger partial charge in [-0.3, -0.25) is 15.1 Å². The molecular weight excluding hydrogens is 406 g/mol. The van der Waals surface area contributed by atoms with Gasteiger partial charge >= 0.3 is 0 Å². The topological polar surface area (TPSA) is 73.3 Å². The van der Waals surface area contributed by atoms with E-state index in [0.29, 0.717) is 27.9 Å². The van der Waals surface area contributed by atoms with E-state index < -0.39 is 0 Å². The van der Waals surface area contributed by atoms with E-state index >= 15 is 0 Å². The number of halogens is 1. The third kappa shape index (κ3) is 3.97. The Hall–Kier alpha value is -2.45. The van der Waals surface area contributed by atoms with Crippen LogP contribution in [0.25, 0.3) is 11.3 Å². The van der Waals surface area contributed by atoms with Crippen molar-refractivity contribution in [2.45, 2.75) is 0 Å². The summed E-state index contributed by atoms with van der Waals surface area (Å²) in [5, 5.41) is 5.14. The number of anilines is 1. The minimum atomic E-state index is -0.267. The number of thiazole rings is 1. The lowest BCUT2D eigenvalue weighted by Crippen LogP contribution is -2.11. The monoisotopic (exact) mass is 419 g/mol. The minimum Gasteiger partial charge on any atom is -0.497 e. The third-order valence-electron chi connectivity index (χ3n) is 3.38. The molecule has 0 saturated heterocycles. The van der Waals surface area contributed by atoms with Crippen LogP contribution in [-0.4, -0.2) is 30.1 Å². The van der Waals surface area contributed by atoms with Crippen molar-refractivity contribution in [1.82, 2.24) is 9.97 Å². The summed E-state index contributed by atoms with van der Waals surface area (Å²) in [6.45, 7) is 0. The van der Waals surface area contributed by atoms with Gasteiger partial charge in [-0.25, -0.2) is 4.98 Å². The molecule has 3 aromatic rings. The Bertz CT molecular complexity index is 914. The second-order valence-corrected chi connectivity index (χ2v) is 6.72. The zero-order chi connectivity index (χ0) is 17.8. The summed E-state index contributed by atoms with van der Waals surface area (Å²) >= 11 is 4.64. The number of rotatable bonds is 5. The quantitative estimate of drug-likeness (QED) is 0.669. The summed E-state index contributed by atoms with van der Waals surface area (Å²) in [6.07, 6.45) is 3.12. The van der Waals surface area contributed by atoms with Gasteiger partial charge in [0.15, 0.2) is 5.13 Å². The van der Waals surface area contributed by atoms with Gasteiger partial charge in [-0.05, 0) is 34.1 Å². The molecule has 8 heteroatoms. The van der Waals surface area contributed by atoms with Crippen molar-refractivity contribution in [3.05, 3.63) is 52.1 Å². The average Bonchev–Trinajstić information content (AvgIpc) is 3.09. The van der Waals surface area contributed by atoms with Crippen molar-refractivity contribution in [2.75, 3.05) is 19.5 Å². The molecule has 1 amide bonds. The van der Waals surface area contributed by atoms with E-state index in [4.69, 9.17) is 9.47 Å². The fraction of sp³-hybridized carbons (Fsp3) is 0.118. The summed E-state index contributed by atoms with van der Waals surface area (Å²) in [5.74, 6) is 1.08. The van der Waals surface area contributed by atoms with Gasteiger partial charge in [0, 0.05) is 33.9 Å². The molecule has 0 spiro atoms. The standard InChI is InChI=1S/C17H14BrN3O3S/c1-23-12-3-4-13(15(6-12)24-2)14-9-25-17(20-14)21-16(22)10-5-11(18)8-19-7-10/h3-9H,1-2H3,(H,20,21,22). The molecule has 0 aliphatic rings. The van der Waals surface area contributed by atoms with Gasteiger partial charge in [0.1, 0.15) is 11.5 Å². The van der Waals surface area contributed by atoms with Gasteiger partial charge in [-0.1, -0.05) is 0 Å². The van der Waals surface area contributed by atoms with Crippen molar-refractivity contribution in [3.63, 3.8) is 0 Å². The molecule has 0 radical (unpaired) electrons. The van der Waals surface area contributed by atoms with Crippen LogP contribution in [0.1, 0.15) is 10.4 Å². The second-order valence-electron chi connectivity index (χ2n) is 4.95. The summed E-state index contributed by atoms with van der Waals surface area (Å²) in [4.78, 5) is 20.7. The number of hydrogen-bond donors (Lipinski definition) is 1. The molecule has 128 valence electrons. The maximum absolute atomic E-state index is 12.3. The largest absolute Gasteiger partial charge is 0.497 e. The highest BCUT2D eigenvalue weighted by atomic mass is 79.9. The van der Waals surface area contributed by atoms with Crippen LogP contribution in [0.15, 0.2) is 46.5 Å². The van der Waals surface area contributed by atoms with Crippen LogP contribution < -0.4 is 14.8 Å². The molecule has 0 atom stereocenters. The predicted molar refractivity (Wildman–Crippen MR) is 101 cm³/mol. The highest BCUT2D eigenvalue weighted by Crippen LogP contribution is 2.34. The molecule has 0 aliphatic carbocycles. The fourth-order valence-electron chi connectivity index (χ4n) is 2.17. The number of methoxy groups -OCH3 is 2. The van der Waals surface area contributed by atoms with E-state index in [1.54, 1.807) is 32.5 Å². The van der Waals surface area contributed by atoms with Crippen molar-refractivity contribution < 1.29 is 14.3 Å². The molecular formula is C17H14BrN3O3S. The summed E-state index contributed by atoms with van der Waals surface area (Å²) in [6, 6.07) is 7.20. The highest BCUT2D eigenvalue weighted by molar-refractivity contribution is 9.10. The first-order valence-corrected chi connectivity index (χ1v) is 8.88. The summed E-state index contributed by atoms with van der Waals surface area (Å²) in [5.41, 5.74) is 1.99. The molecule has 2 heterocycles.